The Hall–Kier alpha value is -2.55. The molecule has 2 aromatic rings. The highest BCUT2D eigenvalue weighted by atomic mass is 16.3. The summed E-state index contributed by atoms with van der Waals surface area (Å²) in [4.78, 5) is 18.6. The maximum absolute atomic E-state index is 12.0. The van der Waals surface area contributed by atoms with Gasteiger partial charge in [-0.05, 0) is 35.8 Å². The highest BCUT2D eigenvalue weighted by molar-refractivity contribution is 5.76. The topological polar surface area (TPSA) is 109 Å². The number of pyridine rings is 1. The zero-order chi connectivity index (χ0) is 17.5. The molecule has 1 unspecified atom stereocenters. The number of aliphatic hydroxyl groups excluding tert-OH is 1. The van der Waals surface area contributed by atoms with E-state index in [1.165, 1.54) is 6.33 Å². The van der Waals surface area contributed by atoms with Crippen molar-refractivity contribution in [3.05, 3.63) is 30.2 Å². The molecule has 1 amide bonds. The van der Waals surface area contributed by atoms with Gasteiger partial charge in [0.2, 0.25) is 5.91 Å². The summed E-state index contributed by atoms with van der Waals surface area (Å²) >= 11 is 0. The van der Waals surface area contributed by atoms with E-state index in [9.17, 15) is 9.90 Å². The van der Waals surface area contributed by atoms with Gasteiger partial charge in [-0.15, -0.1) is 5.10 Å². The average Bonchev–Trinajstić information content (AvgIpc) is 3.14. The Morgan fingerprint density at radius 2 is 2.36 bits per heavy atom. The maximum atomic E-state index is 12.0. The van der Waals surface area contributed by atoms with E-state index in [0.717, 1.165) is 30.8 Å². The largest absolute Gasteiger partial charge is 0.391 e. The third kappa shape index (κ3) is 4.96. The minimum Gasteiger partial charge on any atom is -0.391 e. The van der Waals surface area contributed by atoms with Crippen LogP contribution < -0.4 is 10.2 Å². The van der Waals surface area contributed by atoms with Crippen LogP contribution >= 0.6 is 0 Å². The monoisotopic (exact) mass is 345 g/mol. The van der Waals surface area contributed by atoms with Crippen molar-refractivity contribution in [3.8, 4) is 0 Å². The first-order chi connectivity index (χ1) is 12.2. The van der Waals surface area contributed by atoms with Crippen LogP contribution in [0.1, 0.15) is 31.2 Å². The zero-order valence-electron chi connectivity index (χ0n) is 14.1. The van der Waals surface area contributed by atoms with Crippen LogP contribution in [0.25, 0.3) is 0 Å². The second kappa shape index (κ2) is 8.52. The predicted octanol–water partition coefficient (Wildman–Crippen LogP) is 0.126. The van der Waals surface area contributed by atoms with Gasteiger partial charge in [-0.2, -0.15) is 0 Å². The number of hydrogen-bond donors (Lipinski definition) is 2. The van der Waals surface area contributed by atoms with Crippen LogP contribution in [0.3, 0.4) is 0 Å². The van der Waals surface area contributed by atoms with E-state index in [2.05, 4.69) is 30.7 Å². The van der Waals surface area contributed by atoms with Crippen molar-refractivity contribution in [1.29, 1.82) is 0 Å². The Kier molecular flexibility index (Phi) is 5.89. The molecule has 2 N–H and O–H groups in total. The molecule has 9 heteroatoms. The summed E-state index contributed by atoms with van der Waals surface area (Å²) in [6.07, 6.45) is 5.83. The quantitative estimate of drug-likeness (QED) is 0.734. The van der Waals surface area contributed by atoms with E-state index in [-0.39, 0.29) is 12.0 Å². The Morgan fingerprint density at radius 1 is 1.44 bits per heavy atom. The number of nitrogens with zero attached hydrogens (tertiary/aromatic N) is 6. The van der Waals surface area contributed by atoms with E-state index in [0.29, 0.717) is 32.5 Å². The number of piperidine rings is 1. The van der Waals surface area contributed by atoms with Gasteiger partial charge in [0, 0.05) is 44.4 Å². The van der Waals surface area contributed by atoms with Crippen LogP contribution in [-0.4, -0.2) is 55.4 Å². The fourth-order valence-corrected chi connectivity index (χ4v) is 2.97. The molecule has 1 saturated heterocycles. The van der Waals surface area contributed by atoms with Crippen molar-refractivity contribution in [1.82, 2.24) is 30.5 Å². The summed E-state index contributed by atoms with van der Waals surface area (Å²) in [6.45, 7) is 2.51. The number of amides is 1. The van der Waals surface area contributed by atoms with Crippen molar-refractivity contribution < 1.29 is 9.90 Å². The molecule has 0 spiro atoms. The molecule has 0 aromatic carbocycles. The fourth-order valence-electron chi connectivity index (χ4n) is 2.97. The van der Waals surface area contributed by atoms with Crippen molar-refractivity contribution in [2.24, 2.45) is 0 Å². The minimum atomic E-state index is -0.315. The first kappa shape index (κ1) is 17.3. The molecular weight excluding hydrogens is 322 g/mol. The first-order valence-electron chi connectivity index (χ1n) is 8.57. The molecule has 9 nitrogen and oxygen atoms in total. The molecule has 1 aliphatic heterocycles. The van der Waals surface area contributed by atoms with Crippen molar-refractivity contribution in [3.63, 3.8) is 0 Å². The van der Waals surface area contributed by atoms with Crippen LogP contribution in [0.2, 0.25) is 0 Å². The number of aromatic nitrogens is 5. The van der Waals surface area contributed by atoms with Gasteiger partial charge >= 0.3 is 0 Å². The Labute approximate surface area is 146 Å². The van der Waals surface area contributed by atoms with Gasteiger partial charge in [-0.3, -0.25) is 4.79 Å². The molecule has 2 aromatic heterocycles. The fraction of sp³-hybridized carbons (Fsp3) is 0.562. The SMILES string of the molecule is O=C(CCCn1cnnn1)NCc1cccnc1N1CCCC(O)C1. The van der Waals surface area contributed by atoms with Crippen LogP contribution in [-0.2, 0) is 17.9 Å². The Morgan fingerprint density at radius 3 is 3.16 bits per heavy atom. The van der Waals surface area contributed by atoms with E-state index in [1.54, 1.807) is 10.9 Å². The van der Waals surface area contributed by atoms with Gasteiger partial charge < -0.3 is 15.3 Å². The molecule has 0 saturated carbocycles. The number of aryl methyl sites for hydroxylation is 1. The molecule has 1 atom stereocenters. The van der Waals surface area contributed by atoms with Crippen LogP contribution in [0.5, 0.6) is 0 Å². The van der Waals surface area contributed by atoms with E-state index < -0.39 is 0 Å². The number of tetrazole rings is 1. The summed E-state index contributed by atoms with van der Waals surface area (Å²) in [6, 6.07) is 3.83. The van der Waals surface area contributed by atoms with Gasteiger partial charge in [-0.25, -0.2) is 9.67 Å². The van der Waals surface area contributed by atoms with Crippen molar-refractivity contribution in [2.45, 2.75) is 44.9 Å². The highest BCUT2D eigenvalue weighted by Crippen LogP contribution is 2.21. The van der Waals surface area contributed by atoms with Crippen molar-refractivity contribution >= 4 is 11.7 Å². The molecule has 1 aliphatic rings. The summed E-state index contributed by atoms with van der Waals surface area (Å²) in [7, 11) is 0. The Balaban J connectivity index is 1.49. The molecule has 0 bridgehead atoms. The minimum absolute atomic E-state index is 0.0124. The molecule has 1 fully saturated rings. The van der Waals surface area contributed by atoms with E-state index in [4.69, 9.17) is 0 Å². The average molecular weight is 345 g/mol. The lowest BCUT2D eigenvalue weighted by molar-refractivity contribution is -0.121. The number of carbonyl (C=O) groups is 1. The number of aliphatic hydroxyl groups is 1. The number of anilines is 1. The van der Waals surface area contributed by atoms with Gasteiger partial charge in [0.1, 0.15) is 12.1 Å². The highest BCUT2D eigenvalue weighted by Gasteiger charge is 2.20. The van der Waals surface area contributed by atoms with Crippen LogP contribution in [0.4, 0.5) is 5.82 Å². The smallest absolute Gasteiger partial charge is 0.220 e. The van der Waals surface area contributed by atoms with Crippen molar-refractivity contribution in [2.75, 3.05) is 18.0 Å². The summed E-state index contributed by atoms with van der Waals surface area (Å²) in [5.41, 5.74) is 0.963. The summed E-state index contributed by atoms with van der Waals surface area (Å²) in [5.74, 6) is 0.830. The second-order valence-electron chi connectivity index (χ2n) is 6.18. The molecule has 0 aliphatic carbocycles. The number of nitrogens with one attached hydrogen (secondary N) is 1. The third-order valence-corrected chi connectivity index (χ3v) is 4.22. The lowest BCUT2D eigenvalue weighted by Crippen LogP contribution is -2.39. The molecule has 3 rings (SSSR count). The number of rotatable bonds is 7. The Bertz CT molecular complexity index is 677. The van der Waals surface area contributed by atoms with E-state index in [1.807, 2.05) is 12.1 Å². The second-order valence-corrected chi connectivity index (χ2v) is 6.18. The van der Waals surface area contributed by atoms with Gasteiger partial charge in [0.05, 0.1) is 6.10 Å². The lowest BCUT2D eigenvalue weighted by Gasteiger charge is -2.32. The molecule has 134 valence electrons. The molecule has 3 heterocycles. The normalized spacial score (nSPS) is 17.5. The lowest BCUT2D eigenvalue weighted by atomic mass is 10.1. The van der Waals surface area contributed by atoms with Crippen LogP contribution in [0.15, 0.2) is 24.7 Å². The number of hydrogen-bond acceptors (Lipinski definition) is 7. The van der Waals surface area contributed by atoms with Gasteiger partial charge in [0.25, 0.3) is 0 Å². The maximum Gasteiger partial charge on any atom is 0.220 e. The summed E-state index contributed by atoms with van der Waals surface area (Å²) in [5, 5.41) is 23.7. The molecule has 0 radical (unpaired) electrons. The molecular formula is C16H23N7O2. The summed E-state index contributed by atoms with van der Waals surface area (Å²) < 4.78 is 1.61. The molecule has 25 heavy (non-hydrogen) atoms. The zero-order valence-corrected chi connectivity index (χ0v) is 14.1. The van der Waals surface area contributed by atoms with Gasteiger partial charge in [0.15, 0.2) is 0 Å². The first-order valence-corrected chi connectivity index (χ1v) is 8.57. The van der Waals surface area contributed by atoms with E-state index >= 15 is 0 Å². The third-order valence-electron chi connectivity index (χ3n) is 4.22. The standard InChI is InChI=1S/C16H23N7O2/c24-14-5-2-8-22(11-14)16-13(4-1-7-17-16)10-18-15(25)6-3-9-23-12-19-20-21-23/h1,4,7,12,14,24H,2-3,5-6,8-11H2,(H,18,25). The van der Waals surface area contributed by atoms with Crippen LogP contribution in [0, 0.1) is 0 Å². The van der Waals surface area contributed by atoms with Gasteiger partial charge in [-0.1, -0.05) is 6.07 Å². The number of β-amino-alcohol motifs (C(OH)–C–C–N with tert-alkyl or cyclic N) is 1. The number of carbonyl (C=O) groups excluding carboxylic acids is 1. The predicted molar refractivity (Wildman–Crippen MR) is 90.6 cm³/mol.